The molecule has 1 atom stereocenters. The maximum atomic E-state index is 11.2. The molecule has 0 spiro atoms. The maximum Gasteiger partial charge on any atom is 0.252 e. The number of H-pyrrole nitrogens is 1. The molecule has 5 nitrogen and oxygen atoms in total. The summed E-state index contributed by atoms with van der Waals surface area (Å²) in [5, 5.41) is 3.14. The summed E-state index contributed by atoms with van der Waals surface area (Å²) in [5.74, 6) is 1.27. The van der Waals surface area contributed by atoms with Crippen molar-refractivity contribution < 1.29 is 4.74 Å². The SMILES string of the molecule is Cc1nc(NCCC2CCCO2)cc(=O)[nH]1. The molecule has 1 aliphatic heterocycles. The van der Waals surface area contributed by atoms with Crippen LogP contribution in [-0.2, 0) is 4.74 Å². The highest BCUT2D eigenvalue weighted by Crippen LogP contribution is 2.15. The van der Waals surface area contributed by atoms with Gasteiger partial charge in [-0.15, -0.1) is 0 Å². The Balaban J connectivity index is 1.82. The smallest absolute Gasteiger partial charge is 0.252 e. The number of aryl methyl sites for hydroxylation is 1. The van der Waals surface area contributed by atoms with Crippen molar-refractivity contribution in [1.82, 2.24) is 9.97 Å². The Bertz CT molecular complexity index is 396. The second-order valence-corrected chi connectivity index (χ2v) is 4.07. The van der Waals surface area contributed by atoms with Crippen LogP contribution in [-0.4, -0.2) is 29.2 Å². The Hall–Kier alpha value is -1.36. The Labute approximate surface area is 94.2 Å². The predicted octanol–water partition coefficient (Wildman–Crippen LogP) is 1.06. The van der Waals surface area contributed by atoms with Gasteiger partial charge in [-0.05, 0) is 26.2 Å². The number of aromatic nitrogens is 2. The van der Waals surface area contributed by atoms with Gasteiger partial charge in [0.25, 0.3) is 5.56 Å². The lowest BCUT2D eigenvalue weighted by Gasteiger charge is -2.10. The van der Waals surface area contributed by atoms with Crippen LogP contribution in [0, 0.1) is 6.92 Å². The highest BCUT2D eigenvalue weighted by atomic mass is 16.5. The van der Waals surface area contributed by atoms with Crippen molar-refractivity contribution in [3.05, 3.63) is 22.2 Å². The molecule has 2 rings (SSSR count). The van der Waals surface area contributed by atoms with Crippen LogP contribution in [0.5, 0.6) is 0 Å². The first-order valence-electron chi connectivity index (χ1n) is 5.67. The lowest BCUT2D eigenvalue weighted by molar-refractivity contribution is 0.107. The minimum atomic E-state index is -0.118. The van der Waals surface area contributed by atoms with Crippen molar-refractivity contribution in [1.29, 1.82) is 0 Å². The second kappa shape index (κ2) is 5.12. The van der Waals surface area contributed by atoms with E-state index in [4.69, 9.17) is 4.74 Å². The largest absolute Gasteiger partial charge is 0.378 e. The predicted molar refractivity (Wildman–Crippen MR) is 61.7 cm³/mol. The fraction of sp³-hybridized carbons (Fsp3) is 0.636. The molecular formula is C11H17N3O2. The molecule has 0 aliphatic carbocycles. The molecule has 0 saturated carbocycles. The van der Waals surface area contributed by atoms with Crippen LogP contribution in [0.3, 0.4) is 0 Å². The van der Waals surface area contributed by atoms with Crippen LogP contribution in [0.15, 0.2) is 10.9 Å². The number of rotatable bonds is 4. The van der Waals surface area contributed by atoms with Gasteiger partial charge >= 0.3 is 0 Å². The summed E-state index contributed by atoms with van der Waals surface area (Å²) in [6.45, 7) is 3.44. The molecule has 0 bridgehead atoms. The molecule has 5 heteroatoms. The molecule has 2 N–H and O–H groups in total. The van der Waals surface area contributed by atoms with E-state index in [1.54, 1.807) is 6.92 Å². The Morgan fingerprint density at radius 3 is 3.25 bits per heavy atom. The Morgan fingerprint density at radius 2 is 2.56 bits per heavy atom. The Kier molecular flexibility index (Phi) is 3.56. The van der Waals surface area contributed by atoms with Crippen LogP contribution in [0.4, 0.5) is 5.82 Å². The van der Waals surface area contributed by atoms with E-state index in [-0.39, 0.29) is 5.56 Å². The van der Waals surface area contributed by atoms with Gasteiger partial charge in [0, 0.05) is 19.2 Å². The standard InChI is InChI=1S/C11H17N3O2/c1-8-13-10(7-11(15)14-8)12-5-4-9-3-2-6-16-9/h7,9H,2-6H2,1H3,(H2,12,13,14,15). The van der Waals surface area contributed by atoms with Crippen molar-refractivity contribution in [2.24, 2.45) is 0 Å². The van der Waals surface area contributed by atoms with Crippen molar-refractivity contribution in [3.63, 3.8) is 0 Å². The number of nitrogens with one attached hydrogen (secondary N) is 2. The zero-order chi connectivity index (χ0) is 11.4. The maximum absolute atomic E-state index is 11.2. The van der Waals surface area contributed by atoms with Gasteiger partial charge in [-0.3, -0.25) is 4.79 Å². The molecule has 0 amide bonds. The minimum absolute atomic E-state index is 0.118. The van der Waals surface area contributed by atoms with E-state index in [1.165, 1.54) is 6.07 Å². The van der Waals surface area contributed by atoms with Crippen molar-refractivity contribution in [2.75, 3.05) is 18.5 Å². The lowest BCUT2D eigenvalue weighted by Crippen LogP contribution is -2.16. The first-order valence-corrected chi connectivity index (χ1v) is 5.67. The molecule has 1 aliphatic rings. The van der Waals surface area contributed by atoms with Gasteiger partial charge in [-0.1, -0.05) is 0 Å². The molecule has 2 heterocycles. The molecule has 1 aromatic rings. The van der Waals surface area contributed by atoms with Crippen molar-refractivity contribution >= 4 is 5.82 Å². The molecular weight excluding hydrogens is 206 g/mol. The van der Waals surface area contributed by atoms with E-state index in [9.17, 15) is 4.79 Å². The fourth-order valence-corrected chi connectivity index (χ4v) is 1.90. The molecule has 1 saturated heterocycles. The van der Waals surface area contributed by atoms with Gasteiger partial charge in [0.15, 0.2) is 0 Å². The normalized spacial score (nSPS) is 19.9. The third-order valence-corrected chi connectivity index (χ3v) is 2.66. The highest BCUT2D eigenvalue weighted by molar-refractivity contribution is 5.32. The van der Waals surface area contributed by atoms with Crippen molar-refractivity contribution in [2.45, 2.75) is 32.3 Å². The van der Waals surface area contributed by atoms with E-state index in [0.29, 0.717) is 17.7 Å². The number of aromatic amines is 1. The fourth-order valence-electron chi connectivity index (χ4n) is 1.90. The van der Waals surface area contributed by atoms with E-state index >= 15 is 0 Å². The van der Waals surface area contributed by atoms with Crippen LogP contribution in [0.25, 0.3) is 0 Å². The summed E-state index contributed by atoms with van der Waals surface area (Å²) in [4.78, 5) is 18.0. The Morgan fingerprint density at radius 1 is 1.69 bits per heavy atom. The van der Waals surface area contributed by atoms with Gasteiger partial charge in [0.1, 0.15) is 11.6 Å². The zero-order valence-corrected chi connectivity index (χ0v) is 9.45. The van der Waals surface area contributed by atoms with Crippen LogP contribution >= 0.6 is 0 Å². The average molecular weight is 223 g/mol. The van der Waals surface area contributed by atoms with E-state index < -0.39 is 0 Å². The third kappa shape index (κ3) is 3.06. The lowest BCUT2D eigenvalue weighted by atomic mass is 10.2. The second-order valence-electron chi connectivity index (χ2n) is 4.07. The van der Waals surface area contributed by atoms with Crippen LogP contribution in [0.2, 0.25) is 0 Å². The first-order chi connectivity index (χ1) is 7.74. The van der Waals surface area contributed by atoms with Gasteiger partial charge in [-0.2, -0.15) is 0 Å². The summed E-state index contributed by atoms with van der Waals surface area (Å²) in [6.07, 6.45) is 3.64. The highest BCUT2D eigenvalue weighted by Gasteiger charge is 2.14. The molecule has 1 fully saturated rings. The van der Waals surface area contributed by atoms with Gasteiger partial charge < -0.3 is 15.0 Å². The summed E-state index contributed by atoms with van der Waals surface area (Å²) >= 11 is 0. The number of hydrogen-bond acceptors (Lipinski definition) is 4. The summed E-state index contributed by atoms with van der Waals surface area (Å²) in [6, 6.07) is 1.47. The zero-order valence-electron chi connectivity index (χ0n) is 9.45. The summed E-state index contributed by atoms with van der Waals surface area (Å²) in [7, 11) is 0. The van der Waals surface area contributed by atoms with Gasteiger partial charge in [-0.25, -0.2) is 4.98 Å². The first kappa shape index (κ1) is 11.1. The number of nitrogens with zero attached hydrogens (tertiary/aromatic N) is 1. The average Bonchev–Trinajstić information content (AvgIpc) is 2.69. The van der Waals surface area contributed by atoms with Crippen LogP contribution in [0.1, 0.15) is 25.1 Å². The molecule has 1 unspecified atom stereocenters. The number of ether oxygens (including phenoxy) is 1. The van der Waals surface area contributed by atoms with Crippen LogP contribution < -0.4 is 10.9 Å². The quantitative estimate of drug-likeness (QED) is 0.801. The monoisotopic (exact) mass is 223 g/mol. The van der Waals surface area contributed by atoms with E-state index in [0.717, 1.165) is 32.4 Å². The van der Waals surface area contributed by atoms with E-state index in [2.05, 4.69) is 15.3 Å². The minimum Gasteiger partial charge on any atom is -0.378 e. The molecule has 0 radical (unpaired) electrons. The summed E-state index contributed by atoms with van der Waals surface area (Å²) in [5.41, 5.74) is -0.118. The third-order valence-electron chi connectivity index (χ3n) is 2.66. The molecule has 16 heavy (non-hydrogen) atoms. The number of anilines is 1. The molecule has 0 aromatic carbocycles. The van der Waals surface area contributed by atoms with Gasteiger partial charge in [0.2, 0.25) is 0 Å². The molecule has 88 valence electrons. The topological polar surface area (TPSA) is 67.0 Å². The van der Waals surface area contributed by atoms with Gasteiger partial charge in [0.05, 0.1) is 6.10 Å². The van der Waals surface area contributed by atoms with Crippen molar-refractivity contribution in [3.8, 4) is 0 Å². The molecule has 1 aromatic heterocycles. The number of hydrogen-bond donors (Lipinski definition) is 2. The van der Waals surface area contributed by atoms with E-state index in [1.807, 2.05) is 0 Å². The summed E-state index contributed by atoms with van der Waals surface area (Å²) < 4.78 is 5.51.